The predicted octanol–water partition coefficient (Wildman–Crippen LogP) is 4.64. The first kappa shape index (κ1) is 21.1. The number of nitrogens with zero attached hydrogens (tertiary/aromatic N) is 1. The zero-order chi connectivity index (χ0) is 20.8. The fraction of sp³-hybridized carbons (Fsp3) is 0.333. The number of para-hydroxylation sites is 1. The van der Waals surface area contributed by atoms with Crippen molar-refractivity contribution in [3.63, 3.8) is 0 Å². The average Bonchev–Trinajstić information content (AvgIpc) is 2.65. The summed E-state index contributed by atoms with van der Waals surface area (Å²) in [5.74, 6) is -0.718. The second kappa shape index (κ2) is 9.12. The van der Waals surface area contributed by atoms with Crippen LogP contribution in [0.4, 0.5) is 11.4 Å². The number of ether oxygens (including phenoxy) is 1. The lowest BCUT2D eigenvalue weighted by Crippen LogP contribution is -2.22. The van der Waals surface area contributed by atoms with Crippen molar-refractivity contribution < 1.29 is 19.2 Å². The van der Waals surface area contributed by atoms with Crippen molar-refractivity contribution in [2.75, 3.05) is 11.9 Å². The number of nitro groups is 1. The van der Waals surface area contributed by atoms with E-state index >= 15 is 0 Å². The number of hydrogen-bond donors (Lipinski definition) is 1. The minimum Gasteiger partial charge on any atom is -0.452 e. The molecule has 0 unspecified atom stereocenters. The molecule has 0 aliphatic carbocycles. The van der Waals surface area contributed by atoms with Gasteiger partial charge >= 0.3 is 5.97 Å². The lowest BCUT2D eigenvalue weighted by Gasteiger charge is -2.20. The van der Waals surface area contributed by atoms with E-state index in [1.54, 1.807) is 0 Å². The third-order valence-corrected chi connectivity index (χ3v) is 4.29. The zero-order valence-corrected chi connectivity index (χ0v) is 16.4. The summed E-state index contributed by atoms with van der Waals surface area (Å²) in [6, 6.07) is 10.9. The van der Waals surface area contributed by atoms with E-state index in [1.165, 1.54) is 24.3 Å². The van der Waals surface area contributed by atoms with Crippen LogP contribution in [0.25, 0.3) is 0 Å². The molecule has 0 aromatic heterocycles. The first-order valence-electron chi connectivity index (χ1n) is 9.05. The fourth-order valence-corrected chi connectivity index (χ4v) is 2.80. The van der Waals surface area contributed by atoms with Gasteiger partial charge in [-0.15, -0.1) is 0 Å². The minimum atomic E-state index is -0.716. The number of benzene rings is 2. The van der Waals surface area contributed by atoms with Crippen LogP contribution in [0.5, 0.6) is 0 Å². The summed E-state index contributed by atoms with van der Waals surface area (Å²) >= 11 is 0. The maximum absolute atomic E-state index is 12.4. The molecule has 28 heavy (non-hydrogen) atoms. The Hall–Kier alpha value is -3.22. The Balaban J connectivity index is 2.06. The molecule has 0 fully saturated rings. The van der Waals surface area contributed by atoms with Crippen LogP contribution in [0.15, 0.2) is 42.5 Å². The average molecular weight is 384 g/mol. The SMILES string of the molecule is CC(C)c1cccc(C(C)C)c1NC(=O)COC(=O)c1ccc([N+](=O)[O-])cc1. The highest BCUT2D eigenvalue weighted by molar-refractivity contribution is 5.96. The van der Waals surface area contributed by atoms with E-state index in [1.807, 2.05) is 45.9 Å². The molecule has 0 saturated carbocycles. The number of amides is 1. The Bertz CT molecular complexity index is 847. The van der Waals surface area contributed by atoms with Gasteiger partial charge in [0.05, 0.1) is 10.5 Å². The van der Waals surface area contributed by atoms with E-state index in [0.29, 0.717) is 0 Å². The molecule has 0 bridgehead atoms. The van der Waals surface area contributed by atoms with Crippen LogP contribution in [0.2, 0.25) is 0 Å². The number of carbonyl (C=O) groups is 2. The van der Waals surface area contributed by atoms with Crippen LogP contribution in [-0.4, -0.2) is 23.4 Å². The summed E-state index contributed by atoms with van der Waals surface area (Å²) in [5.41, 5.74) is 2.80. The summed E-state index contributed by atoms with van der Waals surface area (Å²) in [6.07, 6.45) is 0. The van der Waals surface area contributed by atoms with Crippen LogP contribution in [-0.2, 0) is 9.53 Å². The van der Waals surface area contributed by atoms with E-state index in [2.05, 4.69) is 5.32 Å². The number of hydrogen-bond acceptors (Lipinski definition) is 5. The highest BCUT2D eigenvalue weighted by atomic mass is 16.6. The Kier molecular flexibility index (Phi) is 6.87. The summed E-state index contributed by atoms with van der Waals surface area (Å²) in [7, 11) is 0. The molecule has 0 spiro atoms. The van der Waals surface area contributed by atoms with Crippen molar-refractivity contribution in [3.8, 4) is 0 Å². The first-order valence-corrected chi connectivity index (χ1v) is 9.05. The molecule has 2 aromatic carbocycles. The third-order valence-electron chi connectivity index (χ3n) is 4.29. The largest absolute Gasteiger partial charge is 0.452 e. The van der Waals surface area contributed by atoms with Gasteiger partial charge in [0.15, 0.2) is 6.61 Å². The molecule has 0 aliphatic heterocycles. The summed E-state index contributed by atoms with van der Waals surface area (Å²) in [6.45, 7) is 7.74. The van der Waals surface area contributed by atoms with Crippen LogP contribution in [0, 0.1) is 10.1 Å². The van der Waals surface area contributed by atoms with E-state index in [4.69, 9.17) is 4.74 Å². The maximum atomic E-state index is 12.4. The van der Waals surface area contributed by atoms with Gasteiger partial charge in [0, 0.05) is 17.8 Å². The van der Waals surface area contributed by atoms with Crippen LogP contribution < -0.4 is 5.32 Å². The van der Waals surface area contributed by atoms with Gasteiger partial charge in [0.1, 0.15) is 0 Å². The Morgan fingerprint density at radius 2 is 1.54 bits per heavy atom. The molecule has 0 radical (unpaired) electrons. The van der Waals surface area contributed by atoms with Crippen molar-refractivity contribution in [1.29, 1.82) is 0 Å². The molecule has 1 N–H and O–H groups in total. The first-order chi connectivity index (χ1) is 13.2. The van der Waals surface area contributed by atoms with Gasteiger partial charge in [0.25, 0.3) is 11.6 Å². The molecule has 7 heteroatoms. The monoisotopic (exact) mass is 384 g/mol. The van der Waals surface area contributed by atoms with Gasteiger partial charge in [-0.2, -0.15) is 0 Å². The molecular weight excluding hydrogens is 360 g/mol. The predicted molar refractivity (Wildman–Crippen MR) is 107 cm³/mol. The van der Waals surface area contributed by atoms with Crippen molar-refractivity contribution in [3.05, 3.63) is 69.3 Å². The Morgan fingerprint density at radius 3 is 2.00 bits per heavy atom. The van der Waals surface area contributed by atoms with Crippen LogP contribution >= 0.6 is 0 Å². The molecule has 0 heterocycles. The summed E-state index contributed by atoms with van der Waals surface area (Å²) in [5, 5.41) is 13.5. The Morgan fingerprint density at radius 1 is 1.00 bits per heavy atom. The van der Waals surface area contributed by atoms with E-state index in [-0.39, 0.29) is 23.1 Å². The van der Waals surface area contributed by atoms with Crippen LogP contribution in [0.3, 0.4) is 0 Å². The number of anilines is 1. The molecular formula is C21H24N2O5. The standard InChI is InChI=1S/C21H24N2O5/c1-13(2)17-6-5-7-18(14(3)4)20(17)22-19(24)12-28-21(25)15-8-10-16(11-9-15)23(26)27/h5-11,13-14H,12H2,1-4H3,(H,22,24). The number of esters is 1. The van der Waals surface area contributed by atoms with Crippen molar-refractivity contribution in [2.45, 2.75) is 39.5 Å². The number of nitrogens with one attached hydrogen (secondary N) is 1. The normalized spacial score (nSPS) is 10.8. The van der Waals surface area contributed by atoms with E-state index in [0.717, 1.165) is 16.8 Å². The lowest BCUT2D eigenvalue weighted by molar-refractivity contribution is -0.384. The summed E-state index contributed by atoms with van der Waals surface area (Å²) in [4.78, 5) is 34.5. The second-order valence-electron chi connectivity index (χ2n) is 7.05. The van der Waals surface area contributed by atoms with E-state index < -0.39 is 23.4 Å². The molecule has 2 aromatic rings. The quantitative estimate of drug-likeness (QED) is 0.426. The molecule has 1 amide bonds. The molecule has 0 aliphatic rings. The van der Waals surface area contributed by atoms with Gasteiger partial charge in [0.2, 0.25) is 0 Å². The highest BCUT2D eigenvalue weighted by Crippen LogP contribution is 2.32. The number of rotatable bonds is 7. The van der Waals surface area contributed by atoms with Crippen molar-refractivity contribution in [2.24, 2.45) is 0 Å². The van der Waals surface area contributed by atoms with Gasteiger partial charge in [-0.25, -0.2) is 4.79 Å². The van der Waals surface area contributed by atoms with Gasteiger partial charge < -0.3 is 10.1 Å². The Labute approximate surface area is 163 Å². The van der Waals surface area contributed by atoms with Gasteiger partial charge in [-0.1, -0.05) is 45.9 Å². The van der Waals surface area contributed by atoms with E-state index in [9.17, 15) is 19.7 Å². The second-order valence-corrected chi connectivity index (χ2v) is 7.05. The number of carbonyl (C=O) groups excluding carboxylic acids is 2. The van der Waals surface area contributed by atoms with Gasteiger partial charge in [-0.3, -0.25) is 14.9 Å². The van der Waals surface area contributed by atoms with Crippen LogP contribution in [0.1, 0.15) is 61.0 Å². The van der Waals surface area contributed by atoms with Crippen molar-refractivity contribution in [1.82, 2.24) is 0 Å². The molecule has 2 rings (SSSR count). The highest BCUT2D eigenvalue weighted by Gasteiger charge is 2.17. The fourth-order valence-electron chi connectivity index (χ4n) is 2.80. The third kappa shape index (κ3) is 5.16. The molecule has 0 saturated heterocycles. The van der Waals surface area contributed by atoms with Gasteiger partial charge in [-0.05, 0) is 35.1 Å². The zero-order valence-electron chi connectivity index (χ0n) is 16.4. The lowest BCUT2D eigenvalue weighted by atomic mass is 9.92. The maximum Gasteiger partial charge on any atom is 0.338 e. The molecule has 7 nitrogen and oxygen atoms in total. The smallest absolute Gasteiger partial charge is 0.338 e. The van der Waals surface area contributed by atoms with Crippen molar-refractivity contribution >= 4 is 23.3 Å². The topological polar surface area (TPSA) is 98.5 Å². The number of non-ortho nitro benzene ring substituents is 1. The molecule has 0 atom stereocenters. The minimum absolute atomic E-state index is 0.124. The molecule has 148 valence electrons. The number of nitro benzene ring substituents is 1. The summed E-state index contributed by atoms with van der Waals surface area (Å²) < 4.78 is 5.04.